The minimum absolute atomic E-state index is 0.0301. The molecular formula is C28H29N3O3. The van der Waals surface area contributed by atoms with Crippen LogP contribution in [0.4, 0.5) is 5.69 Å². The maximum atomic E-state index is 13.2. The molecule has 174 valence electrons. The Balaban J connectivity index is 1.24. The number of hydrogen-bond acceptors (Lipinski definition) is 4. The topological polar surface area (TPSA) is 53.1 Å². The standard InChI is InChI=1S/C28H29N3O3/c1-21-10-11-25-26(16-21)34-20-27(32)31(25)19-23-8-5-9-24(17-23)28(33)30-14-12-29(13-15-30)18-22-6-3-2-4-7-22/h2-11,16-17H,12-15,18-20H2,1H3. The molecule has 0 radical (unpaired) electrons. The molecule has 0 unspecified atom stereocenters. The predicted octanol–water partition coefficient (Wildman–Crippen LogP) is 3.88. The largest absolute Gasteiger partial charge is 0.482 e. The van der Waals surface area contributed by atoms with E-state index >= 15 is 0 Å². The van der Waals surface area contributed by atoms with E-state index < -0.39 is 0 Å². The van der Waals surface area contributed by atoms with Gasteiger partial charge in [0, 0.05) is 38.3 Å². The van der Waals surface area contributed by atoms with E-state index in [1.165, 1.54) is 5.56 Å². The number of nitrogens with zero attached hydrogens (tertiary/aromatic N) is 3. The summed E-state index contributed by atoms with van der Waals surface area (Å²) in [7, 11) is 0. The summed E-state index contributed by atoms with van der Waals surface area (Å²) in [5, 5.41) is 0. The second-order valence-corrected chi connectivity index (χ2v) is 8.99. The minimum atomic E-state index is -0.0809. The van der Waals surface area contributed by atoms with E-state index in [1.54, 1.807) is 4.90 Å². The number of rotatable bonds is 5. The van der Waals surface area contributed by atoms with Gasteiger partial charge < -0.3 is 14.5 Å². The highest BCUT2D eigenvalue weighted by atomic mass is 16.5. The summed E-state index contributed by atoms with van der Waals surface area (Å²) >= 11 is 0. The molecule has 0 aliphatic carbocycles. The highest BCUT2D eigenvalue weighted by molar-refractivity contribution is 5.98. The van der Waals surface area contributed by atoms with Gasteiger partial charge in [-0.25, -0.2) is 0 Å². The molecule has 1 saturated heterocycles. The van der Waals surface area contributed by atoms with Crippen molar-refractivity contribution in [3.05, 3.63) is 95.1 Å². The molecule has 6 heteroatoms. The normalized spacial score (nSPS) is 16.2. The molecule has 2 heterocycles. The Morgan fingerprint density at radius 2 is 1.62 bits per heavy atom. The van der Waals surface area contributed by atoms with Gasteiger partial charge in [-0.2, -0.15) is 0 Å². The monoisotopic (exact) mass is 455 g/mol. The van der Waals surface area contributed by atoms with Crippen LogP contribution < -0.4 is 9.64 Å². The average Bonchev–Trinajstić information content (AvgIpc) is 2.87. The number of carbonyl (C=O) groups excluding carboxylic acids is 2. The van der Waals surface area contributed by atoms with Gasteiger partial charge >= 0.3 is 0 Å². The molecule has 0 N–H and O–H groups in total. The Labute approximate surface area is 200 Å². The number of ether oxygens (including phenoxy) is 1. The van der Waals surface area contributed by atoms with Crippen molar-refractivity contribution in [2.75, 3.05) is 37.7 Å². The van der Waals surface area contributed by atoms with Crippen molar-refractivity contribution < 1.29 is 14.3 Å². The molecule has 2 amide bonds. The number of benzene rings is 3. The van der Waals surface area contributed by atoms with Crippen molar-refractivity contribution in [3.63, 3.8) is 0 Å². The van der Waals surface area contributed by atoms with Crippen LogP contribution in [0.15, 0.2) is 72.8 Å². The summed E-state index contributed by atoms with van der Waals surface area (Å²) in [4.78, 5) is 31.9. The summed E-state index contributed by atoms with van der Waals surface area (Å²) in [6.07, 6.45) is 0. The summed E-state index contributed by atoms with van der Waals surface area (Å²) in [5.41, 5.74) is 4.75. The van der Waals surface area contributed by atoms with Gasteiger partial charge in [0.25, 0.3) is 11.8 Å². The Hall–Kier alpha value is -3.64. The molecule has 3 aromatic rings. The zero-order valence-electron chi connectivity index (χ0n) is 19.4. The smallest absolute Gasteiger partial charge is 0.265 e. The van der Waals surface area contributed by atoms with E-state index in [-0.39, 0.29) is 18.4 Å². The molecule has 3 aromatic carbocycles. The van der Waals surface area contributed by atoms with Crippen molar-refractivity contribution in [2.45, 2.75) is 20.0 Å². The summed E-state index contributed by atoms with van der Waals surface area (Å²) in [6, 6.07) is 23.9. The van der Waals surface area contributed by atoms with Crippen molar-refractivity contribution in [1.82, 2.24) is 9.80 Å². The van der Waals surface area contributed by atoms with Crippen molar-refractivity contribution in [1.29, 1.82) is 0 Å². The fraction of sp³-hybridized carbons (Fsp3) is 0.286. The van der Waals surface area contributed by atoms with E-state index in [0.717, 1.165) is 42.2 Å². The van der Waals surface area contributed by atoms with Gasteiger partial charge in [0.05, 0.1) is 12.2 Å². The van der Waals surface area contributed by atoms with Crippen LogP contribution in [-0.2, 0) is 17.9 Å². The highest BCUT2D eigenvalue weighted by Crippen LogP contribution is 2.34. The van der Waals surface area contributed by atoms with Gasteiger partial charge in [-0.1, -0.05) is 48.5 Å². The van der Waals surface area contributed by atoms with Crippen LogP contribution >= 0.6 is 0 Å². The van der Waals surface area contributed by atoms with Crippen LogP contribution in [-0.4, -0.2) is 54.4 Å². The third-order valence-corrected chi connectivity index (χ3v) is 6.48. The predicted molar refractivity (Wildman–Crippen MR) is 132 cm³/mol. The summed E-state index contributed by atoms with van der Waals surface area (Å²) in [5.74, 6) is 0.688. The lowest BCUT2D eigenvalue weighted by molar-refractivity contribution is -0.121. The van der Waals surface area contributed by atoms with Crippen LogP contribution in [0.5, 0.6) is 5.75 Å². The second-order valence-electron chi connectivity index (χ2n) is 8.99. The first-order valence-corrected chi connectivity index (χ1v) is 11.7. The SMILES string of the molecule is Cc1ccc2c(c1)OCC(=O)N2Cc1cccc(C(=O)N2CCN(Cc3ccccc3)CC2)c1. The van der Waals surface area contributed by atoms with Crippen LogP contribution in [0.2, 0.25) is 0 Å². The first-order valence-electron chi connectivity index (χ1n) is 11.7. The second kappa shape index (κ2) is 9.69. The van der Waals surface area contributed by atoms with Gasteiger partial charge in [-0.3, -0.25) is 14.5 Å². The number of fused-ring (bicyclic) bond motifs is 1. The third kappa shape index (κ3) is 4.82. The van der Waals surface area contributed by atoms with Crippen LogP contribution in [0.25, 0.3) is 0 Å². The molecule has 5 rings (SSSR count). The summed E-state index contributed by atoms with van der Waals surface area (Å²) in [6.45, 7) is 6.49. The van der Waals surface area contributed by atoms with Crippen molar-refractivity contribution in [3.8, 4) is 5.75 Å². The highest BCUT2D eigenvalue weighted by Gasteiger charge is 2.26. The maximum absolute atomic E-state index is 13.2. The van der Waals surface area contributed by atoms with Crippen LogP contribution in [0.1, 0.15) is 27.0 Å². The van der Waals surface area contributed by atoms with Gasteiger partial charge in [-0.05, 0) is 47.9 Å². The molecule has 6 nitrogen and oxygen atoms in total. The molecular weight excluding hydrogens is 426 g/mol. The lowest BCUT2D eigenvalue weighted by atomic mass is 10.1. The molecule has 0 bridgehead atoms. The molecule has 0 aromatic heterocycles. The number of piperazine rings is 1. The van der Waals surface area contributed by atoms with E-state index in [9.17, 15) is 9.59 Å². The van der Waals surface area contributed by atoms with Gasteiger partial charge in [0.2, 0.25) is 0 Å². The maximum Gasteiger partial charge on any atom is 0.265 e. The number of aryl methyl sites for hydroxylation is 1. The molecule has 0 atom stereocenters. The van der Waals surface area contributed by atoms with Crippen molar-refractivity contribution in [2.24, 2.45) is 0 Å². The molecule has 1 fully saturated rings. The molecule has 2 aliphatic heterocycles. The fourth-order valence-electron chi connectivity index (χ4n) is 4.60. The molecule has 0 saturated carbocycles. The molecule has 34 heavy (non-hydrogen) atoms. The number of anilines is 1. The fourth-order valence-corrected chi connectivity index (χ4v) is 4.60. The molecule has 2 aliphatic rings. The minimum Gasteiger partial charge on any atom is -0.482 e. The molecule has 0 spiro atoms. The van der Waals surface area contributed by atoms with Crippen LogP contribution in [0, 0.1) is 6.92 Å². The Kier molecular flexibility index (Phi) is 6.32. The Bertz CT molecular complexity index is 1190. The summed E-state index contributed by atoms with van der Waals surface area (Å²) < 4.78 is 5.62. The van der Waals surface area contributed by atoms with E-state index in [0.29, 0.717) is 25.2 Å². The lowest BCUT2D eigenvalue weighted by Crippen LogP contribution is -2.48. The van der Waals surface area contributed by atoms with Gasteiger partial charge in [0.15, 0.2) is 6.61 Å². The third-order valence-electron chi connectivity index (χ3n) is 6.48. The first-order chi connectivity index (χ1) is 16.6. The van der Waals surface area contributed by atoms with E-state index in [4.69, 9.17) is 4.74 Å². The zero-order chi connectivity index (χ0) is 23.5. The van der Waals surface area contributed by atoms with E-state index in [1.807, 2.05) is 60.4 Å². The average molecular weight is 456 g/mol. The van der Waals surface area contributed by atoms with Gasteiger partial charge in [-0.15, -0.1) is 0 Å². The van der Waals surface area contributed by atoms with Crippen molar-refractivity contribution >= 4 is 17.5 Å². The Morgan fingerprint density at radius 1 is 0.853 bits per heavy atom. The first kappa shape index (κ1) is 22.2. The Morgan fingerprint density at radius 3 is 2.41 bits per heavy atom. The number of amides is 2. The number of carbonyl (C=O) groups is 2. The number of hydrogen-bond donors (Lipinski definition) is 0. The van der Waals surface area contributed by atoms with Gasteiger partial charge in [0.1, 0.15) is 5.75 Å². The zero-order valence-corrected chi connectivity index (χ0v) is 19.4. The lowest BCUT2D eigenvalue weighted by Gasteiger charge is -2.35. The van der Waals surface area contributed by atoms with E-state index in [2.05, 4.69) is 29.2 Å². The quantitative estimate of drug-likeness (QED) is 0.586. The van der Waals surface area contributed by atoms with Crippen LogP contribution in [0.3, 0.4) is 0 Å².